The minimum Gasteiger partial charge on any atom is -0.317 e. The van der Waals surface area contributed by atoms with Crippen molar-refractivity contribution in [2.24, 2.45) is 0 Å². The van der Waals surface area contributed by atoms with E-state index in [-0.39, 0.29) is 0 Å². The Bertz CT molecular complexity index is 2560. The van der Waals surface area contributed by atoms with E-state index in [4.69, 9.17) is 15.0 Å². The Balaban J connectivity index is 0.000000918. The molecule has 0 bridgehead atoms. The summed E-state index contributed by atoms with van der Waals surface area (Å²) in [5.74, 6) is 3.75. The van der Waals surface area contributed by atoms with Crippen molar-refractivity contribution >= 4 is 43.5 Å². The van der Waals surface area contributed by atoms with Crippen LogP contribution in [0.25, 0.3) is 66.2 Å². The van der Waals surface area contributed by atoms with Crippen molar-refractivity contribution in [2.45, 2.75) is 89.9 Å². The maximum absolute atomic E-state index is 5.25. The lowest BCUT2D eigenvalue weighted by Gasteiger charge is -2.24. The smallest absolute Gasteiger partial charge is 0.163 e. The first-order chi connectivity index (χ1) is 26.7. The topological polar surface area (TPSA) is 48.5 Å². The van der Waals surface area contributed by atoms with E-state index in [2.05, 4.69) is 125 Å². The highest BCUT2D eigenvalue weighted by molar-refractivity contribution is 6.20. The van der Waals surface area contributed by atoms with Gasteiger partial charge < -0.3 is 9.13 Å². The molecule has 8 aromatic rings. The lowest BCUT2D eigenvalue weighted by Crippen LogP contribution is -2.16. The quantitative estimate of drug-likeness (QED) is 0.167. The van der Waals surface area contributed by atoms with Gasteiger partial charge in [-0.15, -0.1) is 0 Å². The van der Waals surface area contributed by atoms with Gasteiger partial charge in [0.25, 0.3) is 0 Å². The molecule has 5 nitrogen and oxygen atoms in total. The molecule has 3 heterocycles. The lowest BCUT2D eigenvalue weighted by molar-refractivity contribution is 0.409. The summed E-state index contributed by atoms with van der Waals surface area (Å²) < 4.78 is 4.75. The van der Waals surface area contributed by atoms with Gasteiger partial charge in [0, 0.05) is 56.5 Å². The Morgan fingerprint density at radius 3 is 1.89 bits per heavy atom. The molecule has 2 aliphatic rings. The summed E-state index contributed by atoms with van der Waals surface area (Å²) in [6.07, 6.45) is 18.6. The summed E-state index contributed by atoms with van der Waals surface area (Å²) in [6, 6.07) is 39.9. The van der Waals surface area contributed by atoms with Gasteiger partial charge in [0.15, 0.2) is 5.82 Å². The van der Waals surface area contributed by atoms with E-state index in [9.17, 15) is 0 Å². The maximum Gasteiger partial charge on any atom is 0.163 e. The van der Waals surface area contributed by atoms with Crippen molar-refractivity contribution < 1.29 is 0 Å². The minimum absolute atomic E-state index is 0.438. The van der Waals surface area contributed by atoms with Crippen LogP contribution in [0, 0.1) is 0 Å². The highest BCUT2D eigenvalue weighted by Gasteiger charge is 2.25. The van der Waals surface area contributed by atoms with Crippen molar-refractivity contribution in [3.63, 3.8) is 0 Å². The van der Waals surface area contributed by atoms with Gasteiger partial charge in [-0.1, -0.05) is 111 Å². The molecule has 54 heavy (non-hydrogen) atoms. The lowest BCUT2D eigenvalue weighted by atomic mass is 9.87. The summed E-state index contributed by atoms with van der Waals surface area (Å²) in [7, 11) is 0. The number of allylic oxidation sites excluding steroid dienone is 2. The molecule has 2 aliphatic carbocycles. The van der Waals surface area contributed by atoms with Crippen molar-refractivity contribution in [3.05, 3.63) is 139 Å². The number of fused-ring (bicyclic) bond motifs is 6. The molecule has 10 rings (SSSR count). The molecule has 2 saturated carbocycles. The first-order valence-corrected chi connectivity index (χ1v) is 20.2. The number of para-hydroxylation sites is 2. The summed E-state index contributed by atoms with van der Waals surface area (Å²) >= 11 is 0. The second-order valence-electron chi connectivity index (χ2n) is 15.2. The molecular weight excluding hydrogens is 659 g/mol. The van der Waals surface area contributed by atoms with Gasteiger partial charge in [-0.2, -0.15) is 0 Å². The van der Waals surface area contributed by atoms with Crippen LogP contribution in [0.4, 0.5) is 0 Å². The molecule has 0 amide bonds. The average Bonchev–Trinajstić information content (AvgIpc) is 3.83. The number of rotatable bonds is 5. The zero-order valence-electron chi connectivity index (χ0n) is 31.6. The fourth-order valence-corrected chi connectivity index (χ4v) is 8.90. The predicted molar refractivity (Wildman–Crippen MR) is 226 cm³/mol. The SMILES string of the molecule is C/C=C\C.c1ccc(-n2ccc3cc4c(ccc5c6ccccc6n(-c6cccc(-c7nc(C8CCCCC8)nc(C8CCCCC8)n7)c6)c45)cc32)cc1. The first kappa shape index (κ1) is 34.2. The number of nitrogens with zero attached hydrogens (tertiary/aromatic N) is 5. The van der Waals surface area contributed by atoms with E-state index in [1.807, 2.05) is 26.0 Å². The van der Waals surface area contributed by atoms with Crippen LogP contribution >= 0.6 is 0 Å². The zero-order valence-corrected chi connectivity index (χ0v) is 31.6. The molecule has 5 heteroatoms. The normalized spacial score (nSPS) is 15.7. The monoisotopic (exact) mass is 707 g/mol. The minimum atomic E-state index is 0.438. The molecule has 0 atom stereocenters. The van der Waals surface area contributed by atoms with Crippen LogP contribution in [0.3, 0.4) is 0 Å². The molecule has 0 saturated heterocycles. The van der Waals surface area contributed by atoms with E-state index in [1.54, 1.807) is 0 Å². The average molecular weight is 708 g/mol. The number of benzene rings is 5. The van der Waals surface area contributed by atoms with E-state index < -0.39 is 0 Å². The maximum atomic E-state index is 5.25. The molecule has 3 aromatic heterocycles. The Kier molecular flexibility index (Phi) is 9.55. The van der Waals surface area contributed by atoms with Crippen molar-refractivity contribution in [2.75, 3.05) is 0 Å². The van der Waals surface area contributed by atoms with Gasteiger partial charge in [0.2, 0.25) is 0 Å². The van der Waals surface area contributed by atoms with Crippen LogP contribution in [-0.2, 0) is 0 Å². The number of hydrogen-bond donors (Lipinski definition) is 0. The molecule has 0 N–H and O–H groups in total. The van der Waals surface area contributed by atoms with Crippen LogP contribution in [0.2, 0.25) is 0 Å². The summed E-state index contributed by atoms with van der Waals surface area (Å²) in [5.41, 5.74) is 7.01. The van der Waals surface area contributed by atoms with Crippen molar-refractivity contribution in [3.8, 4) is 22.8 Å². The van der Waals surface area contributed by atoms with Crippen LogP contribution in [0.5, 0.6) is 0 Å². The fourth-order valence-electron chi connectivity index (χ4n) is 8.90. The molecule has 270 valence electrons. The number of aromatic nitrogens is 5. The third-order valence-electron chi connectivity index (χ3n) is 11.8. The standard InChI is InChI=1S/C45H41N5.C4H8/c1-4-13-30(14-5-1)43-46-44(31-15-6-2-7-16-31)48-45(47-43)34-17-12-20-36(27-34)50-40-22-11-10-21-37(40)38-24-23-32-29-41-33(28-39(32)42(38)50)25-26-49(41)35-18-8-3-9-19-35;1-3-4-2/h3,8-12,17-31H,1-2,4-7,13-16H2;3-4H,1-2H3/b;4-3-. The molecule has 0 aliphatic heterocycles. The molecule has 5 aromatic carbocycles. The van der Waals surface area contributed by atoms with Gasteiger partial charge in [0.05, 0.1) is 16.6 Å². The largest absolute Gasteiger partial charge is 0.317 e. The predicted octanol–water partition coefficient (Wildman–Crippen LogP) is 13.4. The summed E-state index contributed by atoms with van der Waals surface area (Å²) in [5, 5.41) is 6.24. The molecule has 2 fully saturated rings. The summed E-state index contributed by atoms with van der Waals surface area (Å²) in [6.45, 7) is 4.00. The Labute approximate surface area is 318 Å². The Hall–Kier alpha value is -5.55. The van der Waals surface area contributed by atoms with E-state index in [1.165, 1.54) is 113 Å². The molecule has 0 spiro atoms. The van der Waals surface area contributed by atoms with Crippen LogP contribution < -0.4 is 0 Å². The van der Waals surface area contributed by atoms with Gasteiger partial charge >= 0.3 is 0 Å². The fraction of sp³-hybridized carbons (Fsp3) is 0.286. The highest BCUT2D eigenvalue weighted by atomic mass is 15.0. The van der Waals surface area contributed by atoms with Crippen LogP contribution in [-0.4, -0.2) is 24.1 Å². The zero-order chi connectivity index (χ0) is 36.4. The highest BCUT2D eigenvalue weighted by Crippen LogP contribution is 2.40. The Morgan fingerprint density at radius 1 is 0.519 bits per heavy atom. The van der Waals surface area contributed by atoms with Gasteiger partial charge in [0.1, 0.15) is 11.6 Å². The van der Waals surface area contributed by atoms with Crippen molar-refractivity contribution in [1.82, 2.24) is 24.1 Å². The van der Waals surface area contributed by atoms with Crippen molar-refractivity contribution in [1.29, 1.82) is 0 Å². The number of hydrogen-bond acceptors (Lipinski definition) is 3. The Morgan fingerprint density at radius 2 is 1.19 bits per heavy atom. The van der Waals surface area contributed by atoms with Crippen LogP contribution in [0.15, 0.2) is 128 Å². The van der Waals surface area contributed by atoms with E-state index >= 15 is 0 Å². The van der Waals surface area contributed by atoms with Gasteiger partial charge in [-0.05, 0) is 93.4 Å². The van der Waals surface area contributed by atoms with E-state index in [0.29, 0.717) is 11.8 Å². The second-order valence-corrected chi connectivity index (χ2v) is 15.2. The van der Waals surface area contributed by atoms with E-state index in [0.717, 1.165) is 28.7 Å². The van der Waals surface area contributed by atoms with Crippen LogP contribution in [0.1, 0.15) is 102 Å². The molecular formula is C49H49N5. The first-order valence-electron chi connectivity index (χ1n) is 20.2. The molecule has 0 unspecified atom stereocenters. The van der Waals surface area contributed by atoms with Gasteiger partial charge in [-0.25, -0.2) is 15.0 Å². The third-order valence-corrected chi connectivity index (χ3v) is 11.8. The second kappa shape index (κ2) is 15.1. The third kappa shape index (κ3) is 6.40. The van der Waals surface area contributed by atoms with Gasteiger partial charge in [-0.3, -0.25) is 0 Å². The molecule has 0 radical (unpaired) electrons. The summed E-state index contributed by atoms with van der Waals surface area (Å²) in [4.78, 5) is 15.7.